The normalized spacial score (nSPS) is 18.6. The smallest absolute Gasteiger partial charge is 0.147 e. The van der Waals surface area contributed by atoms with E-state index in [1.807, 2.05) is 6.07 Å². The van der Waals surface area contributed by atoms with Crippen LogP contribution in [0.2, 0.25) is 0 Å². The van der Waals surface area contributed by atoms with Crippen LogP contribution in [0.25, 0.3) is 16.7 Å². The first-order valence-electron chi connectivity index (χ1n) is 14.2. The maximum absolute atomic E-state index is 6.86. The Morgan fingerprint density at radius 3 is 1.80 bits per heavy atom. The third-order valence-corrected chi connectivity index (χ3v) is 8.60. The Balaban J connectivity index is 1.39. The van der Waals surface area contributed by atoms with Crippen molar-refractivity contribution in [3.8, 4) is 16.9 Å². The summed E-state index contributed by atoms with van der Waals surface area (Å²) in [5.74, 6) is 0.853. The van der Waals surface area contributed by atoms with Gasteiger partial charge in [-0.2, -0.15) is 0 Å². The number of para-hydroxylation sites is 1. The van der Waals surface area contributed by atoms with Crippen molar-refractivity contribution in [2.75, 3.05) is 7.11 Å². The number of rotatable bonds is 6. The predicted octanol–water partition coefficient (Wildman–Crippen LogP) is 8.80. The van der Waals surface area contributed by atoms with E-state index < -0.39 is 5.41 Å². The van der Waals surface area contributed by atoms with Crippen molar-refractivity contribution in [3.63, 3.8) is 0 Å². The topological polar surface area (TPSA) is 18.5 Å². The lowest BCUT2D eigenvalue weighted by Crippen LogP contribution is -2.37. The third-order valence-electron chi connectivity index (χ3n) is 8.60. The summed E-state index contributed by atoms with van der Waals surface area (Å²) >= 11 is 0. The number of hydrogen-bond donors (Lipinski definition) is 0. The molecule has 2 heteroatoms. The molecule has 5 aromatic rings. The van der Waals surface area contributed by atoms with Crippen LogP contribution in [0.3, 0.4) is 0 Å². The molecule has 0 fully saturated rings. The minimum absolute atomic E-state index is 0.282. The molecule has 0 heterocycles. The highest BCUT2D eigenvalue weighted by molar-refractivity contribution is 5.90. The van der Waals surface area contributed by atoms with Gasteiger partial charge in [-0.25, -0.2) is 0 Å². The zero-order valence-corrected chi connectivity index (χ0v) is 23.3. The second-order valence-corrected chi connectivity index (χ2v) is 10.8. The first-order valence-corrected chi connectivity index (χ1v) is 14.2. The van der Waals surface area contributed by atoms with Gasteiger partial charge in [0, 0.05) is 12.7 Å². The van der Waals surface area contributed by atoms with Crippen LogP contribution < -0.4 is 4.74 Å². The Hall–Kier alpha value is -4.66. The Labute approximate surface area is 242 Å². The van der Waals surface area contributed by atoms with Crippen molar-refractivity contribution in [3.05, 3.63) is 179 Å². The molecule has 0 bridgehead atoms. The summed E-state index contributed by atoms with van der Waals surface area (Å²) in [5.41, 5.74) is 10.4. The van der Waals surface area contributed by atoms with E-state index in [9.17, 15) is 0 Å². The summed E-state index contributed by atoms with van der Waals surface area (Å²) in [4.78, 5) is 0. The highest BCUT2D eigenvalue weighted by Crippen LogP contribution is 2.57. The van der Waals surface area contributed by atoms with Crippen molar-refractivity contribution in [1.29, 1.82) is 0 Å². The van der Waals surface area contributed by atoms with E-state index in [0.29, 0.717) is 0 Å². The lowest BCUT2D eigenvalue weighted by Gasteiger charge is -2.37. The molecule has 0 aromatic heterocycles. The average molecular weight is 533 g/mol. The van der Waals surface area contributed by atoms with Gasteiger partial charge < -0.3 is 9.47 Å². The lowest BCUT2D eigenvalue weighted by molar-refractivity contribution is 0.0610. The van der Waals surface area contributed by atoms with E-state index in [4.69, 9.17) is 9.47 Å². The van der Waals surface area contributed by atoms with Crippen LogP contribution in [0.1, 0.15) is 27.8 Å². The molecular weight excluding hydrogens is 500 g/mol. The second kappa shape index (κ2) is 10.4. The summed E-state index contributed by atoms with van der Waals surface area (Å²) in [6, 6.07) is 47.2. The third kappa shape index (κ3) is 3.98. The summed E-state index contributed by atoms with van der Waals surface area (Å²) < 4.78 is 13.2. The van der Waals surface area contributed by atoms with Gasteiger partial charge in [0.15, 0.2) is 0 Å². The van der Waals surface area contributed by atoms with Crippen molar-refractivity contribution < 1.29 is 9.47 Å². The quantitative estimate of drug-likeness (QED) is 0.218. The van der Waals surface area contributed by atoms with E-state index in [1.54, 1.807) is 7.11 Å². The first kappa shape index (κ1) is 25.3. The van der Waals surface area contributed by atoms with E-state index >= 15 is 0 Å². The Morgan fingerprint density at radius 1 is 0.585 bits per heavy atom. The minimum Gasteiger partial charge on any atom is -0.483 e. The van der Waals surface area contributed by atoms with E-state index in [0.717, 1.165) is 11.3 Å². The molecular formula is C39H32O2. The fraction of sp³-hybridized carbons (Fsp3) is 0.128. The summed E-state index contributed by atoms with van der Waals surface area (Å²) in [6.45, 7) is 2.14. The molecule has 2 unspecified atom stereocenters. The molecule has 0 N–H and O–H groups in total. The number of hydrogen-bond acceptors (Lipinski definition) is 2. The lowest BCUT2D eigenvalue weighted by atomic mass is 9.66. The molecule has 0 aliphatic heterocycles. The number of ether oxygens (including phenoxy) is 2. The second-order valence-electron chi connectivity index (χ2n) is 10.8. The summed E-state index contributed by atoms with van der Waals surface area (Å²) in [7, 11) is 1.80. The molecule has 0 amide bonds. The van der Waals surface area contributed by atoms with Gasteiger partial charge in [-0.15, -0.1) is 0 Å². The molecule has 200 valence electrons. The van der Waals surface area contributed by atoms with E-state index in [2.05, 4.69) is 146 Å². The number of aryl methyl sites for hydroxylation is 1. The Bertz CT molecular complexity index is 1720. The van der Waals surface area contributed by atoms with Gasteiger partial charge in [0.05, 0.1) is 5.41 Å². The molecule has 2 aliphatic carbocycles. The number of benzene rings is 5. The number of allylic oxidation sites excluding steroid dienone is 2. The van der Waals surface area contributed by atoms with Crippen molar-refractivity contribution in [1.82, 2.24) is 0 Å². The van der Waals surface area contributed by atoms with Gasteiger partial charge in [0.2, 0.25) is 0 Å². The van der Waals surface area contributed by atoms with Crippen molar-refractivity contribution in [2.24, 2.45) is 0 Å². The molecule has 0 saturated carbocycles. The molecule has 2 atom stereocenters. The maximum atomic E-state index is 6.86. The molecule has 5 aromatic carbocycles. The minimum atomic E-state index is -0.453. The molecule has 41 heavy (non-hydrogen) atoms. The number of methoxy groups -OCH3 is 1. The van der Waals surface area contributed by atoms with Gasteiger partial charge in [0.1, 0.15) is 18.0 Å². The summed E-state index contributed by atoms with van der Waals surface area (Å²) in [5, 5.41) is 0. The van der Waals surface area contributed by atoms with Gasteiger partial charge in [0.25, 0.3) is 0 Å². The van der Waals surface area contributed by atoms with Crippen LogP contribution in [-0.2, 0) is 10.2 Å². The molecule has 0 saturated heterocycles. The molecule has 7 rings (SSSR count). The Kier molecular flexibility index (Phi) is 6.41. The number of fused-ring (bicyclic) bond motifs is 2. The van der Waals surface area contributed by atoms with Crippen LogP contribution in [0.15, 0.2) is 151 Å². The zero-order chi connectivity index (χ0) is 27.8. The van der Waals surface area contributed by atoms with Crippen LogP contribution in [0.5, 0.6) is 5.75 Å². The highest BCUT2D eigenvalue weighted by Gasteiger charge is 2.50. The summed E-state index contributed by atoms with van der Waals surface area (Å²) in [6.07, 6.45) is 3.90. The van der Waals surface area contributed by atoms with E-state index in [1.165, 1.54) is 44.5 Å². The molecule has 0 spiro atoms. The fourth-order valence-corrected chi connectivity index (χ4v) is 6.85. The Morgan fingerprint density at radius 2 is 1.15 bits per heavy atom. The molecule has 2 aliphatic rings. The van der Waals surface area contributed by atoms with Crippen LogP contribution >= 0.6 is 0 Å². The van der Waals surface area contributed by atoms with Crippen molar-refractivity contribution >= 4 is 5.57 Å². The van der Waals surface area contributed by atoms with Gasteiger partial charge in [-0.1, -0.05) is 133 Å². The van der Waals surface area contributed by atoms with Crippen LogP contribution in [0.4, 0.5) is 0 Å². The molecule has 2 nitrogen and oxygen atoms in total. The largest absolute Gasteiger partial charge is 0.483 e. The van der Waals surface area contributed by atoms with Gasteiger partial charge in [-0.05, 0) is 63.6 Å². The van der Waals surface area contributed by atoms with Crippen LogP contribution in [-0.4, -0.2) is 19.3 Å². The van der Waals surface area contributed by atoms with Crippen molar-refractivity contribution in [2.45, 2.75) is 24.5 Å². The standard InChI is InChI=1S/C39H32O2/c1-27-15-9-10-20-30(27)31-21-12-14-24-35(31)41-36-26-25-34-37(38(36)40-2)32-22-11-13-23-33(32)39(34,28-16-5-3-6-17-28)29-18-7-4-8-19-29/h3-26,36,38H,1-2H3. The first-order chi connectivity index (χ1) is 20.2. The fourth-order valence-electron chi connectivity index (χ4n) is 6.85. The van der Waals surface area contributed by atoms with E-state index in [-0.39, 0.29) is 12.2 Å². The van der Waals surface area contributed by atoms with Gasteiger partial charge >= 0.3 is 0 Å². The monoisotopic (exact) mass is 532 g/mol. The molecule has 0 radical (unpaired) electrons. The zero-order valence-electron chi connectivity index (χ0n) is 23.3. The highest BCUT2D eigenvalue weighted by atomic mass is 16.5. The SMILES string of the molecule is COC1C2=C(C=CC1Oc1ccccc1-c1ccccc1C)C(c1ccccc1)(c1ccccc1)c1ccccc12. The van der Waals surface area contributed by atoms with Crippen LogP contribution in [0, 0.1) is 6.92 Å². The van der Waals surface area contributed by atoms with Gasteiger partial charge in [-0.3, -0.25) is 0 Å². The maximum Gasteiger partial charge on any atom is 0.147 e. The average Bonchev–Trinajstić information content (AvgIpc) is 3.34. The predicted molar refractivity (Wildman–Crippen MR) is 167 cm³/mol.